The molecule has 1 aromatic rings. The second kappa shape index (κ2) is 5.32. The molecule has 0 bridgehead atoms. The van der Waals surface area contributed by atoms with Crippen LogP contribution in [0.3, 0.4) is 0 Å². The molecule has 0 saturated heterocycles. The van der Waals surface area contributed by atoms with Crippen molar-refractivity contribution >= 4 is 17.7 Å². The number of rotatable bonds is 7. The van der Waals surface area contributed by atoms with E-state index in [0.717, 1.165) is 12.8 Å². The normalized spacial score (nSPS) is 18.8. The van der Waals surface area contributed by atoms with Gasteiger partial charge in [-0.1, -0.05) is 11.8 Å². The summed E-state index contributed by atoms with van der Waals surface area (Å²) < 4.78 is 5.14. The van der Waals surface area contributed by atoms with Crippen LogP contribution in [0, 0.1) is 5.92 Å². The van der Waals surface area contributed by atoms with E-state index in [9.17, 15) is 9.90 Å². The van der Waals surface area contributed by atoms with Gasteiger partial charge in [-0.25, -0.2) is 4.98 Å². The molecule has 0 aromatic carbocycles. The molecule has 1 aliphatic carbocycles. The minimum Gasteiger partial charge on any atom is -0.480 e. The van der Waals surface area contributed by atoms with E-state index in [0.29, 0.717) is 11.0 Å². The monoisotopic (exact) mass is 270 g/mol. The lowest BCUT2D eigenvalue weighted by atomic mass is 9.94. The number of carboxylic acids is 1. The lowest BCUT2D eigenvalue weighted by Gasteiger charge is -2.32. The summed E-state index contributed by atoms with van der Waals surface area (Å²) in [5.74, 6) is -0.135. The second-order valence-corrected chi connectivity index (χ2v) is 5.86. The highest BCUT2D eigenvalue weighted by molar-refractivity contribution is 7.99. The number of carbonyl (C=O) groups is 1. The predicted octanol–water partition coefficient (Wildman–Crippen LogP) is 2.00. The molecule has 2 N–H and O–H groups in total. The molecule has 1 heterocycles. The molecule has 1 aromatic heterocycles. The molecule has 6 heteroatoms. The molecule has 0 spiro atoms. The molecular weight excluding hydrogens is 252 g/mol. The molecule has 5 nitrogen and oxygen atoms in total. The van der Waals surface area contributed by atoms with Crippen molar-refractivity contribution in [2.75, 3.05) is 5.75 Å². The molecule has 18 heavy (non-hydrogen) atoms. The van der Waals surface area contributed by atoms with Gasteiger partial charge >= 0.3 is 5.97 Å². The van der Waals surface area contributed by atoms with E-state index in [-0.39, 0.29) is 12.0 Å². The Morgan fingerprint density at radius 3 is 2.89 bits per heavy atom. The van der Waals surface area contributed by atoms with Gasteiger partial charge in [0.1, 0.15) is 11.8 Å². The quantitative estimate of drug-likeness (QED) is 0.738. The topological polar surface area (TPSA) is 75.4 Å². The molecule has 1 fully saturated rings. The maximum Gasteiger partial charge on any atom is 0.325 e. The summed E-state index contributed by atoms with van der Waals surface area (Å²) in [5.41, 5.74) is -0.868. The van der Waals surface area contributed by atoms with Crippen molar-refractivity contribution in [3.05, 3.63) is 12.5 Å². The highest BCUT2D eigenvalue weighted by Gasteiger charge is 2.51. The van der Waals surface area contributed by atoms with Crippen LogP contribution in [0.15, 0.2) is 22.1 Å². The van der Waals surface area contributed by atoms with Gasteiger partial charge in [0.25, 0.3) is 5.22 Å². The lowest BCUT2D eigenvalue weighted by molar-refractivity contribution is -0.145. The van der Waals surface area contributed by atoms with Crippen molar-refractivity contribution in [1.82, 2.24) is 10.3 Å². The lowest BCUT2D eigenvalue weighted by Crippen LogP contribution is -2.58. The zero-order valence-electron chi connectivity index (χ0n) is 10.5. The molecule has 0 aliphatic heterocycles. The van der Waals surface area contributed by atoms with Gasteiger partial charge in [0.2, 0.25) is 0 Å². The number of thioether (sulfide) groups is 1. The summed E-state index contributed by atoms with van der Waals surface area (Å²) >= 11 is 1.35. The van der Waals surface area contributed by atoms with Crippen LogP contribution in [0.2, 0.25) is 0 Å². The number of hydrogen-bond acceptors (Lipinski definition) is 5. The van der Waals surface area contributed by atoms with E-state index in [1.165, 1.54) is 18.0 Å². The first-order valence-corrected chi connectivity index (χ1v) is 7.06. The average molecular weight is 270 g/mol. The number of nitrogens with zero attached hydrogens (tertiary/aromatic N) is 1. The van der Waals surface area contributed by atoms with Crippen LogP contribution < -0.4 is 5.32 Å². The van der Waals surface area contributed by atoms with E-state index in [1.54, 1.807) is 6.20 Å². The fourth-order valence-corrected chi connectivity index (χ4v) is 3.18. The average Bonchev–Trinajstić information content (AvgIpc) is 3.01. The number of nitrogens with one attached hydrogen (secondary N) is 1. The molecule has 100 valence electrons. The van der Waals surface area contributed by atoms with Crippen LogP contribution in [-0.4, -0.2) is 33.4 Å². The molecular formula is C12H18N2O3S. The largest absolute Gasteiger partial charge is 0.480 e. The highest BCUT2D eigenvalue weighted by atomic mass is 32.2. The molecule has 0 amide bonds. The van der Waals surface area contributed by atoms with E-state index in [1.807, 2.05) is 13.8 Å². The van der Waals surface area contributed by atoms with Crippen LogP contribution in [0.25, 0.3) is 0 Å². The first-order valence-electron chi connectivity index (χ1n) is 6.08. The molecule has 1 aliphatic rings. The second-order valence-electron chi connectivity index (χ2n) is 4.94. The van der Waals surface area contributed by atoms with Crippen molar-refractivity contribution in [3.63, 3.8) is 0 Å². The van der Waals surface area contributed by atoms with Gasteiger partial charge in [-0.05, 0) is 32.6 Å². The molecule has 0 radical (unpaired) electrons. The van der Waals surface area contributed by atoms with Crippen LogP contribution in [0.5, 0.6) is 0 Å². The van der Waals surface area contributed by atoms with E-state index >= 15 is 0 Å². The van der Waals surface area contributed by atoms with Crippen LogP contribution in [-0.2, 0) is 4.79 Å². The summed E-state index contributed by atoms with van der Waals surface area (Å²) in [4.78, 5) is 15.7. The van der Waals surface area contributed by atoms with Gasteiger partial charge in [-0.3, -0.25) is 10.1 Å². The zero-order valence-corrected chi connectivity index (χ0v) is 11.4. The Balaban J connectivity index is 2.10. The maximum atomic E-state index is 11.7. The summed E-state index contributed by atoms with van der Waals surface area (Å²) in [6.07, 6.45) is 5.01. The fourth-order valence-electron chi connectivity index (χ4n) is 2.12. The van der Waals surface area contributed by atoms with Crippen molar-refractivity contribution in [2.24, 2.45) is 5.92 Å². The number of aromatic nitrogens is 1. The highest BCUT2D eigenvalue weighted by Crippen LogP contribution is 2.42. The molecule has 1 unspecified atom stereocenters. The fraction of sp³-hybridized carbons (Fsp3) is 0.667. The summed E-state index contributed by atoms with van der Waals surface area (Å²) in [5, 5.41) is 13.3. The Labute approximate surface area is 110 Å². The van der Waals surface area contributed by atoms with Gasteiger partial charge in [0, 0.05) is 11.8 Å². The van der Waals surface area contributed by atoms with Gasteiger partial charge in [-0.2, -0.15) is 0 Å². The van der Waals surface area contributed by atoms with Crippen LogP contribution in [0.4, 0.5) is 0 Å². The summed E-state index contributed by atoms with van der Waals surface area (Å²) in [6, 6.07) is 0.131. The molecule has 2 rings (SSSR count). The minimum absolute atomic E-state index is 0.131. The Morgan fingerprint density at radius 2 is 2.44 bits per heavy atom. The number of carboxylic acid groups (broad SMARTS) is 1. The van der Waals surface area contributed by atoms with Crippen LogP contribution in [0.1, 0.15) is 26.7 Å². The predicted molar refractivity (Wildman–Crippen MR) is 68.6 cm³/mol. The van der Waals surface area contributed by atoms with Crippen molar-refractivity contribution in [2.45, 2.75) is 43.5 Å². The van der Waals surface area contributed by atoms with Gasteiger partial charge in [-0.15, -0.1) is 0 Å². The number of oxazole rings is 1. The van der Waals surface area contributed by atoms with Crippen LogP contribution >= 0.6 is 11.8 Å². The number of hydrogen-bond donors (Lipinski definition) is 2. The van der Waals surface area contributed by atoms with Gasteiger partial charge < -0.3 is 9.52 Å². The van der Waals surface area contributed by atoms with E-state index < -0.39 is 11.5 Å². The smallest absolute Gasteiger partial charge is 0.325 e. The Kier molecular flexibility index (Phi) is 3.97. The first kappa shape index (κ1) is 13.4. The SMILES string of the molecule is CC(C)NC(CSc1ncco1)(C(=O)O)C1CC1. The minimum atomic E-state index is -0.868. The Hall–Kier alpha value is -1.01. The third kappa shape index (κ3) is 2.87. The zero-order chi connectivity index (χ0) is 13.2. The standard InChI is InChI=1S/C12H18N2O3S/c1-8(2)14-12(10(15)16,9-3-4-9)7-18-11-13-5-6-17-11/h5-6,8-9,14H,3-4,7H2,1-2H3,(H,15,16). The van der Waals surface area contributed by atoms with E-state index in [2.05, 4.69) is 10.3 Å². The third-order valence-electron chi connectivity index (χ3n) is 3.04. The van der Waals surface area contributed by atoms with E-state index in [4.69, 9.17) is 4.42 Å². The number of aliphatic carboxylic acids is 1. The third-order valence-corrected chi connectivity index (χ3v) is 4.08. The van der Waals surface area contributed by atoms with Crippen molar-refractivity contribution < 1.29 is 14.3 Å². The summed E-state index contributed by atoms with van der Waals surface area (Å²) in [6.45, 7) is 3.94. The molecule has 1 atom stereocenters. The summed E-state index contributed by atoms with van der Waals surface area (Å²) in [7, 11) is 0. The van der Waals surface area contributed by atoms with Gasteiger partial charge in [0.15, 0.2) is 0 Å². The Morgan fingerprint density at radius 1 is 1.72 bits per heavy atom. The first-order chi connectivity index (χ1) is 8.54. The maximum absolute atomic E-state index is 11.7. The Bertz CT molecular complexity index is 403. The molecule has 1 saturated carbocycles. The van der Waals surface area contributed by atoms with Gasteiger partial charge in [0.05, 0.1) is 6.20 Å². The van der Waals surface area contributed by atoms with Crippen molar-refractivity contribution in [3.8, 4) is 0 Å². The van der Waals surface area contributed by atoms with Crippen molar-refractivity contribution in [1.29, 1.82) is 0 Å².